The number of para-hydroxylation sites is 2. The molecule has 1 fully saturated rings. The van der Waals surface area contributed by atoms with Gasteiger partial charge in [-0.25, -0.2) is 15.0 Å². The highest BCUT2D eigenvalue weighted by Gasteiger charge is 2.21. The molecular weight excluding hydrogens is 328 g/mol. The van der Waals surface area contributed by atoms with E-state index in [4.69, 9.17) is 9.72 Å². The molecule has 4 rings (SSSR count). The third kappa shape index (κ3) is 3.66. The maximum Gasteiger partial charge on any atom is 0.218 e. The van der Waals surface area contributed by atoms with Crippen molar-refractivity contribution in [2.75, 3.05) is 29.9 Å². The Morgan fingerprint density at radius 2 is 1.92 bits per heavy atom. The van der Waals surface area contributed by atoms with Crippen LogP contribution >= 0.6 is 0 Å². The van der Waals surface area contributed by atoms with Crippen LogP contribution in [0.25, 0.3) is 11.0 Å². The van der Waals surface area contributed by atoms with Crippen LogP contribution in [0.5, 0.6) is 5.88 Å². The quantitative estimate of drug-likeness (QED) is 0.758. The van der Waals surface area contributed by atoms with Gasteiger partial charge in [-0.15, -0.1) is 0 Å². The van der Waals surface area contributed by atoms with Crippen molar-refractivity contribution >= 4 is 22.7 Å². The molecule has 134 valence electrons. The molecule has 0 amide bonds. The van der Waals surface area contributed by atoms with E-state index in [1.807, 2.05) is 43.5 Å². The molecule has 3 aromatic rings. The van der Waals surface area contributed by atoms with Crippen LogP contribution in [0, 0.1) is 0 Å². The minimum absolute atomic E-state index is 0.379. The molecule has 1 aliphatic rings. The fourth-order valence-corrected chi connectivity index (χ4v) is 3.21. The van der Waals surface area contributed by atoms with Crippen LogP contribution in [0.1, 0.15) is 19.8 Å². The van der Waals surface area contributed by atoms with E-state index in [1.165, 1.54) is 6.33 Å². The lowest BCUT2D eigenvalue weighted by atomic mass is 10.1. The van der Waals surface area contributed by atoms with Crippen LogP contribution in [0.2, 0.25) is 0 Å². The van der Waals surface area contributed by atoms with Crippen molar-refractivity contribution in [2.45, 2.75) is 25.8 Å². The van der Waals surface area contributed by atoms with E-state index in [9.17, 15) is 0 Å². The van der Waals surface area contributed by atoms with Crippen LogP contribution in [0.4, 0.5) is 11.6 Å². The van der Waals surface area contributed by atoms with E-state index in [2.05, 4.69) is 25.2 Å². The first-order valence-electron chi connectivity index (χ1n) is 9.00. The molecule has 7 nitrogen and oxygen atoms in total. The minimum atomic E-state index is 0.379. The van der Waals surface area contributed by atoms with Crippen LogP contribution in [0.3, 0.4) is 0 Å². The molecule has 1 aliphatic heterocycles. The summed E-state index contributed by atoms with van der Waals surface area (Å²) in [6.07, 6.45) is 5.44. The second-order valence-electron chi connectivity index (χ2n) is 6.30. The number of nitrogens with one attached hydrogen (secondary N) is 1. The van der Waals surface area contributed by atoms with Crippen LogP contribution < -0.4 is 15.0 Å². The summed E-state index contributed by atoms with van der Waals surface area (Å²) in [7, 11) is 0. The molecule has 0 saturated carbocycles. The van der Waals surface area contributed by atoms with Gasteiger partial charge in [-0.1, -0.05) is 12.1 Å². The zero-order valence-electron chi connectivity index (χ0n) is 14.8. The number of fused-ring (bicyclic) bond motifs is 1. The van der Waals surface area contributed by atoms with Gasteiger partial charge in [0.2, 0.25) is 5.88 Å². The maximum atomic E-state index is 5.43. The summed E-state index contributed by atoms with van der Waals surface area (Å²) in [5.74, 6) is 2.36. The summed E-state index contributed by atoms with van der Waals surface area (Å²) in [6.45, 7) is 4.42. The first-order valence-corrected chi connectivity index (χ1v) is 9.00. The topological polar surface area (TPSA) is 76.1 Å². The van der Waals surface area contributed by atoms with E-state index >= 15 is 0 Å². The highest BCUT2D eigenvalue weighted by molar-refractivity contribution is 5.75. The van der Waals surface area contributed by atoms with E-state index in [0.717, 1.165) is 48.6 Å². The zero-order valence-corrected chi connectivity index (χ0v) is 14.8. The van der Waals surface area contributed by atoms with Gasteiger partial charge in [0.1, 0.15) is 18.0 Å². The van der Waals surface area contributed by atoms with Crippen LogP contribution in [-0.2, 0) is 0 Å². The van der Waals surface area contributed by atoms with Gasteiger partial charge < -0.3 is 15.0 Å². The Hall–Kier alpha value is -2.96. The summed E-state index contributed by atoms with van der Waals surface area (Å²) in [4.78, 5) is 20.0. The molecule has 0 aliphatic carbocycles. The highest BCUT2D eigenvalue weighted by Crippen LogP contribution is 2.22. The predicted molar refractivity (Wildman–Crippen MR) is 102 cm³/mol. The molecule has 0 atom stereocenters. The molecular formula is C19H22N6O. The lowest BCUT2D eigenvalue weighted by Crippen LogP contribution is -2.39. The number of ether oxygens (including phenoxy) is 1. The Balaban J connectivity index is 1.38. The van der Waals surface area contributed by atoms with Gasteiger partial charge in [-0.3, -0.25) is 4.98 Å². The number of hydrogen-bond acceptors (Lipinski definition) is 7. The number of anilines is 2. The Kier molecular flexibility index (Phi) is 4.77. The first-order chi connectivity index (χ1) is 12.8. The van der Waals surface area contributed by atoms with Gasteiger partial charge in [-0.05, 0) is 31.9 Å². The van der Waals surface area contributed by atoms with Crippen molar-refractivity contribution in [1.82, 2.24) is 19.9 Å². The molecule has 1 N–H and O–H groups in total. The van der Waals surface area contributed by atoms with Gasteiger partial charge in [-0.2, -0.15) is 0 Å². The lowest BCUT2D eigenvalue weighted by molar-refractivity contribution is 0.326. The largest absolute Gasteiger partial charge is 0.478 e. The molecule has 0 unspecified atom stereocenters. The monoisotopic (exact) mass is 350 g/mol. The Bertz CT molecular complexity index is 879. The Morgan fingerprint density at radius 1 is 1.12 bits per heavy atom. The average Bonchev–Trinajstić information content (AvgIpc) is 2.69. The second-order valence-corrected chi connectivity index (χ2v) is 6.30. The molecule has 0 radical (unpaired) electrons. The molecule has 3 heterocycles. The number of piperidine rings is 1. The number of benzene rings is 1. The van der Waals surface area contributed by atoms with Gasteiger partial charge >= 0.3 is 0 Å². The number of aromatic nitrogens is 4. The molecule has 26 heavy (non-hydrogen) atoms. The first kappa shape index (κ1) is 16.5. The van der Waals surface area contributed by atoms with E-state index in [1.54, 1.807) is 0 Å². The second kappa shape index (κ2) is 7.51. The number of nitrogens with zero attached hydrogens (tertiary/aromatic N) is 5. The van der Waals surface area contributed by atoms with E-state index in [0.29, 0.717) is 18.5 Å². The highest BCUT2D eigenvalue weighted by atomic mass is 16.5. The van der Waals surface area contributed by atoms with E-state index < -0.39 is 0 Å². The van der Waals surface area contributed by atoms with Crippen molar-refractivity contribution in [3.8, 4) is 5.88 Å². The predicted octanol–water partition coefficient (Wildman–Crippen LogP) is 2.90. The Labute approximate surface area is 152 Å². The third-order valence-electron chi connectivity index (χ3n) is 4.54. The van der Waals surface area contributed by atoms with Crippen molar-refractivity contribution < 1.29 is 4.74 Å². The molecule has 7 heteroatoms. The fourth-order valence-electron chi connectivity index (χ4n) is 3.21. The van der Waals surface area contributed by atoms with Crippen LogP contribution in [-0.4, -0.2) is 45.7 Å². The average molecular weight is 350 g/mol. The van der Waals surface area contributed by atoms with Crippen LogP contribution in [0.15, 0.2) is 42.9 Å². The molecule has 0 bridgehead atoms. The van der Waals surface area contributed by atoms with Crippen molar-refractivity contribution in [1.29, 1.82) is 0 Å². The molecule has 2 aromatic heterocycles. The molecule has 1 aromatic carbocycles. The normalized spacial score (nSPS) is 15.2. The zero-order chi connectivity index (χ0) is 17.8. The van der Waals surface area contributed by atoms with Gasteiger partial charge in [0.25, 0.3) is 0 Å². The summed E-state index contributed by atoms with van der Waals surface area (Å²) < 4.78 is 5.43. The Morgan fingerprint density at radius 3 is 2.73 bits per heavy atom. The van der Waals surface area contributed by atoms with Gasteiger partial charge in [0.15, 0.2) is 0 Å². The smallest absolute Gasteiger partial charge is 0.218 e. The summed E-state index contributed by atoms with van der Waals surface area (Å²) in [5, 5.41) is 3.49. The number of rotatable bonds is 5. The SMILES string of the molecule is CCOc1cc(NC2CCN(c3cnc4ccccc4n3)CC2)ncn1. The van der Waals surface area contributed by atoms with Crippen molar-refractivity contribution in [3.05, 3.63) is 42.9 Å². The van der Waals surface area contributed by atoms with Crippen molar-refractivity contribution in [2.24, 2.45) is 0 Å². The maximum absolute atomic E-state index is 5.43. The van der Waals surface area contributed by atoms with E-state index in [-0.39, 0.29) is 0 Å². The summed E-state index contributed by atoms with van der Waals surface area (Å²) in [5.41, 5.74) is 1.87. The van der Waals surface area contributed by atoms with Gasteiger partial charge in [0, 0.05) is 25.2 Å². The van der Waals surface area contributed by atoms with Crippen molar-refractivity contribution in [3.63, 3.8) is 0 Å². The summed E-state index contributed by atoms with van der Waals surface area (Å²) >= 11 is 0. The lowest BCUT2D eigenvalue weighted by Gasteiger charge is -2.33. The third-order valence-corrected chi connectivity index (χ3v) is 4.54. The molecule has 0 spiro atoms. The molecule has 1 saturated heterocycles. The fraction of sp³-hybridized carbons (Fsp3) is 0.368. The minimum Gasteiger partial charge on any atom is -0.478 e. The standard InChI is InChI=1S/C19H22N6O/c1-2-26-19-11-17(21-13-22-19)23-14-7-9-25(10-8-14)18-12-20-15-5-3-4-6-16(15)24-18/h3-6,11-14H,2,7-10H2,1H3,(H,21,22,23). The number of hydrogen-bond donors (Lipinski definition) is 1. The summed E-state index contributed by atoms with van der Waals surface area (Å²) in [6, 6.07) is 10.2. The van der Waals surface area contributed by atoms with Gasteiger partial charge in [0.05, 0.1) is 23.8 Å².